The fourth-order valence-electron chi connectivity index (χ4n) is 7.59. The van der Waals surface area contributed by atoms with Crippen molar-refractivity contribution in [2.75, 3.05) is 7.11 Å². The van der Waals surface area contributed by atoms with Crippen LogP contribution in [0.15, 0.2) is 52.1 Å². The van der Waals surface area contributed by atoms with Gasteiger partial charge in [-0.25, -0.2) is 0 Å². The molecule has 0 radical (unpaired) electrons. The van der Waals surface area contributed by atoms with E-state index in [4.69, 9.17) is 13.9 Å². The fourth-order valence-corrected chi connectivity index (χ4v) is 13.8. The maximum absolute atomic E-state index is 14.6. The van der Waals surface area contributed by atoms with Gasteiger partial charge in [-0.1, -0.05) is 68.4 Å². The number of hydrogen-bond donors (Lipinski definition) is 0. The number of Topliss-reactive ketones (excluding diaryl/α,β-unsaturated/α-hetero) is 2. The summed E-state index contributed by atoms with van der Waals surface area (Å²) in [7, 11) is -4.57. The Kier molecular flexibility index (Phi) is 6.16. The molecular weight excluding hydrogens is 525 g/mol. The lowest BCUT2D eigenvalue weighted by Crippen LogP contribution is -2.55. The van der Waals surface area contributed by atoms with Crippen LogP contribution < -0.4 is 4.74 Å². The van der Waals surface area contributed by atoms with Crippen molar-refractivity contribution in [2.45, 2.75) is 83.5 Å². The number of allylic oxidation sites excluding steroid dienone is 3. The van der Waals surface area contributed by atoms with Crippen molar-refractivity contribution in [3.8, 4) is 5.75 Å². The molecule has 4 aliphatic rings. The zero-order valence-electron chi connectivity index (χ0n) is 24.6. The van der Waals surface area contributed by atoms with Crippen LogP contribution in [-0.2, 0) is 9.16 Å². The lowest BCUT2D eigenvalue weighted by Gasteiger charge is -2.52. The van der Waals surface area contributed by atoms with E-state index >= 15 is 0 Å². The first-order chi connectivity index (χ1) is 17.4. The Labute approximate surface area is 230 Å². The third-order valence-corrected chi connectivity index (χ3v) is 13.9. The average Bonchev–Trinajstić information content (AvgIpc) is 3.02. The number of hydrogen-bond acceptors (Lipinski definition) is 5. The largest absolute Gasteiger partial charge is 0.496 e. The summed E-state index contributed by atoms with van der Waals surface area (Å²) in [6.07, 6.45) is 1.41. The molecule has 0 amide bonds. The monoisotopic (exact) mass is 566 g/mol. The lowest BCUT2D eigenvalue weighted by atomic mass is 9.65. The number of benzene rings is 1. The van der Waals surface area contributed by atoms with Gasteiger partial charge in [-0.2, -0.15) is 0 Å². The van der Waals surface area contributed by atoms with Crippen molar-refractivity contribution < 1.29 is 23.5 Å². The van der Waals surface area contributed by atoms with E-state index in [2.05, 4.69) is 65.5 Å². The molecule has 0 N–H and O–H groups in total. The topological polar surface area (TPSA) is 61.8 Å². The van der Waals surface area contributed by atoms with E-state index in [9.17, 15) is 9.59 Å². The Morgan fingerprint density at radius 3 is 2.05 bits per heavy atom. The predicted octanol–water partition coefficient (Wildman–Crippen LogP) is 6.96. The second kappa shape index (κ2) is 8.49. The van der Waals surface area contributed by atoms with Crippen LogP contribution in [0.25, 0.3) is 0 Å². The smallest absolute Gasteiger partial charge is 0.197 e. The van der Waals surface area contributed by atoms with Gasteiger partial charge in [-0.15, -0.1) is 0 Å². The third-order valence-electron chi connectivity index (χ3n) is 8.50. The molecule has 0 spiro atoms. The standard InChI is InChI=1S/C30H42O5Si3/c1-17-30(35-38(9,10)11)15-19-23(21(16-30)34-17)29(37(6,7)8)24-25(28(19)36(3,4)5)27(32)22-18(26(24)31)13-12-14-20(22)33-2/h12-14,19,21,23H,1,15-16H2,2-11H3/t19-,21-,23-,30+/m1/s1. The number of methoxy groups -OCH3 is 1. The van der Waals surface area contributed by atoms with Gasteiger partial charge >= 0.3 is 0 Å². The molecule has 1 aromatic carbocycles. The van der Waals surface area contributed by atoms with Gasteiger partial charge in [0, 0.05) is 29.0 Å². The van der Waals surface area contributed by atoms with E-state index < -0.39 is 30.1 Å². The molecule has 0 unspecified atom stereocenters. The summed E-state index contributed by atoms with van der Waals surface area (Å²) < 4.78 is 19.1. The minimum absolute atomic E-state index is 0.0351. The minimum Gasteiger partial charge on any atom is -0.496 e. The summed E-state index contributed by atoms with van der Waals surface area (Å²) in [6, 6.07) is 5.38. The van der Waals surface area contributed by atoms with Gasteiger partial charge in [0.1, 0.15) is 23.2 Å². The zero-order valence-corrected chi connectivity index (χ0v) is 27.6. The number of rotatable bonds is 5. The third kappa shape index (κ3) is 4.01. The van der Waals surface area contributed by atoms with Crippen molar-refractivity contribution in [3.63, 3.8) is 0 Å². The van der Waals surface area contributed by atoms with Crippen molar-refractivity contribution in [1.82, 2.24) is 0 Å². The molecule has 0 aromatic heterocycles. The van der Waals surface area contributed by atoms with Crippen molar-refractivity contribution in [1.29, 1.82) is 0 Å². The van der Waals surface area contributed by atoms with Crippen LogP contribution in [0.4, 0.5) is 0 Å². The normalized spacial score (nSPS) is 29.2. The summed E-state index contributed by atoms with van der Waals surface area (Å²) in [5.74, 6) is 1.25. The first kappa shape index (κ1) is 27.6. The number of ether oxygens (including phenoxy) is 2. The van der Waals surface area contributed by atoms with E-state index in [0.717, 1.165) is 18.6 Å². The van der Waals surface area contributed by atoms with Gasteiger partial charge in [0.15, 0.2) is 19.9 Å². The first-order valence-corrected chi connectivity index (χ1v) is 24.1. The van der Waals surface area contributed by atoms with Gasteiger partial charge < -0.3 is 13.9 Å². The molecule has 5 rings (SSSR count). The maximum Gasteiger partial charge on any atom is 0.197 e. The van der Waals surface area contributed by atoms with E-state index in [0.29, 0.717) is 28.0 Å². The highest BCUT2D eigenvalue weighted by Crippen LogP contribution is 2.61. The van der Waals surface area contributed by atoms with Crippen LogP contribution in [0.5, 0.6) is 5.75 Å². The van der Waals surface area contributed by atoms with Crippen molar-refractivity contribution >= 4 is 36.0 Å². The summed E-state index contributed by atoms with van der Waals surface area (Å²) in [5.41, 5.74) is 1.67. The summed E-state index contributed by atoms with van der Waals surface area (Å²) in [6.45, 7) is 24.8. The van der Waals surface area contributed by atoms with Crippen molar-refractivity contribution in [3.05, 3.63) is 63.2 Å². The predicted molar refractivity (Wildman–Crippen MR) is 160 cm³/mol. The summed E-state index contributed by atoms with van der Waals surface area (Å²) in [5, 5.41) is 2.38. The van der Waals surface area contributed by atoms with Gasteiger partial charge in [0.25, 0.3) is 0 Å². The second-order valence-electron chi connectivity index (χ2n) is 14.4. The van der Waals surface area contributed by atoms with E-state index in [1.165, 1.54) is 10.4 Å². The molecule has 3 aliphatic carbocycles. The Morgan fingerprint density at radius 1 is 0.895 bits per heavy atom. The number of ketones is 2. The Bertz CT molecular complexity index is 1330. The number of carbonyl (C=O) groups excluding carboxylic acids is 2. The van der Waals surface area contributed by atoms with Gasteiger partial charge in [0.05, 0.1) is 28.8 Å². The highest BCUT2D eigenvalue weighted by Gasteiger charge is 2.63. The molecule has 5 nitrogen and oxygen atoms in total. The Morgan fingerprint density at radius 2 is 1.50 bits per heavy atom. The molecule has 204 valence electrons. The SMILES string of the molecule is C=C1O[C@@H]2C[C@@]1(O[Si](C)(C)C)C[C@H]1C([Si](C)(C)C)=C3C(=O)c4c(OC)cccc4C(=O)C3=C([Si](C)(C)C)[C@@H]21. The first-order valence-electron chi connectivity index (χ1n) is 13.7. The van der Waals surface area contributed by atoms with Gasteiger partial charge in [-0.05, 0) is 38.0 Å². The quantitative estimate of drug-likeness (QED) is 0.360. The number of carbonyl (C=O) groups is 2. The van der Waals surface area contributed by atoms with E-state index in [-0.39, 0.29) is 29.5 Å². The molecule has 4 atom stereocenters. The Hall–Kier alpha value is -2.01. The van der Waals surface area contributed by atoms with Crippen LogP contribution in [-0.4, -0.2) is 54.8 Å². The molecule has 1 heterocycles. The maximum atomic E-state index is 14.6. The molecule has 38 heavy (non-hydrogen) atoms. The molecule has 2 bridgehead atoms. The van der Waals surface area contributed by atoms with Crippen LogP contribution >= 0.6 is 0 Å². The fraction of sp³-hybridized carbons (Fsp3) is 0.533. The molecule has 1 saturated heterocycles. The highest BCUT2D eigenvalue weighted by molar-refractivity contribution is 6.85. The molecule has 1 aromatic rings. The molecule has 8 heteroatoms. The molecule has 2 fully saturated rings. The van der Waals surface area contributed by atoms with Crippen LogP contribution in [0.3, 0.4) is 0 Å². The van der Waals surface area contributed by atoms with Crippen LogP contribution in [0.2, 0.25) is 58.9 Å². The summed E-state index contributed by atoms with van der Waals surface area (Å²) >= 11 is 0. The van der Waals surface area contributed by atoms with E-state index in [1.54, 1.807) is 19.2 Å². The molecule has 1 aliphatic heterocycles. The zero-order chi connectivity index (χ0) is 28.2. The second-order valence-corrected chi connectivity index (χ2v) is 29.0. The number of fused-ring (bicyclic) bond motifs is 6. The molecular formula is C30H42O5Si3. The average molecular weight is 567 g/mol. The van der Waals surface area contributed by atoms with E-state index in [1.807, 2.05) is 6.07 Å². The highest BCUT2D eigenvalue weighted by atomic mass is 28.4. The minimum atomic E-state index is -2.11. The Balaban J connectivity index is 1.87. The van der Waals surface area contributed by atoms with Crippen LogP contribution in [0.1, 0.15) is 33.6 Å². The van der Waals surface area contributed by atoms with Crippen LogP contribution in [0, 0.1) is 11.8 Å². The van der Waals surface area contributed by atoms with Gasteiger partial charge in [-0.3, -0.25) is 9.59 Å². The van der Waals surface area contributed by atoms with Crippen molar-refractivity contribution in [2.24, 2.45) is 11.8 Å². The molecule has 1 saturated carbocycles. The van der Waals surface area contributed by atoms with Gasteiger partial charge in [0.2, 0.25) is 0 Å². The lowest BCUT2D eigenvalue weighted by molar-refractivity contribution is 0.0398. The summed E-state index contributed by atoms with van der Waals surface area (Å²) in [4.78, 5) is 29.0.